The van der Waals surface area contributed by atoms with Gasteiger partial charge in [-0.1, -0.05) is 18.2 Å². The fourth-order valence-electron chi connectivity index (χ4n) is 2.41. The van der Waals surface area contributed by atoms with Gasteiger partial charge in [0.2, 0.25) is 0 Å². The third-order valence-electron chi connectivity index (χ3n) is 3.54. The molecule has 5 nitrogen and oxygen atoms in total. The first kappa shape index (κ1) is 16.1. The summed E-state index contributed by atoms with van der Waals surface area (Å²) in [5.41, 5.74) is 0.201. The number of benzene rings is 1. The van der Waals surface area contributed by atoms with E-state index in [2.05, 4.69) is 15.3 Å². The first-order chi connectivity index (χ1) is 11.5. The highest BCUT2D eigenvalue weighted by Crippen LogP contribution is 2.29. The third kappa shape index (κ3) is 3.27. The molecule has 0 atom stereocenters. The van der Waals surface area contributed by atoms with Crippen LogP contribution in [0.3, 0.4) is 0 Å². The van der Waals surface area contributed by atoms with Crippen LogP contribution >= 0.6 is 0 Å². The van der Waals surface area contributed by atoms with E-state index in [1.807, 2.05) is 24.3 Å². The molecule has 2 aromatic heterocycles. The number of hydrogen-bond acceptors (Lipinski definition) is 4. The number of alkyl halides is 3. The van der Waals surface area contributed by atoms with Crippen LogP contribution in [0.1, 0.15) is 11.3 Å². The molecule has 3 aromatic rings. The summed E-state index contributed by atoms with van der Waals surface area (Å²) in [6.07, 6.45) is -0.0358. The number of nitrogens with one attached hydrogen (secondary N) is 1. The van der Waals surface area contributed by atoms with Crippen LogP contribution in [0.2, 0.25) is 0 Å². The minimum Gasteiger partial charge on any atom is -0.496 e. The zero-order valence-electron chi connectivity index (χ0n) is 12.8. The van der Waals surface area contributed by atoms with Crippen molar-refractivity contribution in [1.82, 2.24) is 14.4 Å². The van der Waals surface area contributed by atoms with E-state index in [4.69, 9.17) is 4.74 Å². The number of para-hydroxylation sites is 1. The highest BCUT2D eigenvalue weighted by atomic mass is 19.4. The number of anilines is 1. The number of ether oxygens (including phenoxy) is 1. The van der Waals surface area contributed by atoms with Gasteiger partial charge in [0.15, 0.2) is 17.2 Å². The fourth-order valence-corrected chi connectivity index (χ4v) is 2.41. The molecule has 0 amide bonds. The second-order valence-corrected chi connectivity index (χ2v) is 5.12. The summed E-state index contributed by atoms with van der Waals surface area (Å²) < 4.78 is 44.9. The minimum atomic E-state index is -4.49. The Bertz CT molecular complexity index is 845. The second-order valence-electron chi connectivity index (χ2n) is 5.12. The van der Waals surface area contributed by atoms with Gasteiger partial charge in [0.05, 0.1) is 7.11 Å². The van der Waals surface area contributed by atoms with Gasteiger partial charge in [-0.15, -0.1) is 0 Å². The summed E-state index contributed by atoms with van der Waals surface area (Å²) >= 11 is 0. The zero-order valence-corrected chi connectivity index (χ0v) is 12.8. The van der Waals surface area contributed by atoms with Gasteiger partial charge in [-0.2, -0.15) is 13.2 Å². The number of halogens is 3. The van der Waals surface area contributed by atoms with Crippen molar-refractivity contribution in [2.45, 2.75) is 12.6 Å². The Morgan fingerprint density at radius 3 is 2.79 bits per heavy atom. The summed E-state index contributed by atoms with van der Waals surface area (Å²) in [6, 6.07) is 7.58. The highest BCUT2D eigenvalue weighted by molar-refractivity contribution is 5.63. The smallest absolute Gasteiger partial charge is 0.434 e. The summed E-state index contributed by atoms with van der Waals surface area (Å²) in [7, 11) is 1.59. The van der Waals surface area contributed by atoms with E-state index < -0.39 is 11.9 Å². The van der Waals surface area contributed by atoms with Crippen LogP contribution in [0.15, 0.2) is 42.9 Å². The van der Waals surface area contributed by atoms with E-state index in [1.165, 1.54) is 16.8 Å². The van der Waals surface area contributed by atoms with Crippen molar-refractivity contribution in [3.8, 4) is 5.75 Å². The Hall–Kier alpha value is -2.77. The number of imidazole rings is 1. The normalized spacial score (nSPS) is 11.7. The van der Waals surface area contributed by atoms with E-state index in [0.29, 0.717) is 18.8 Å². The summed E-state index contributed by atoms with van der Waals surface area (Å²) in [5.74, 6) is 1.08. The zero-order chi connectivity index (χ0) is 17.2. The van der Waals surface area contributed by atoms with E-state index >= 15 is 0 Å². The van der Waals surface area contributed by atoms with Crippen LogP contribution < -0.4 is 10.1 Å². The van der Waals surface area contributed by atoms with Gasteiger partial charge < -0.3 is 14.5 Å². The molecule has 3 rings (SSSR count). The number of nitrogens with zero attached hydrogens (tertiary/aromatic N) is 3. The molecular formula is C16H15F3N4O. The van der Waals surface area contributed by atoms with Crippen molar-refractivity contribution in [1.29, 1.82) is 0 Å². The molecule has 0 bridgehead atoms. The summed E-state index contributed by atoms with van der Waals surface area (Å²) in [4.78, 5) is 7.71. The molecule has 8 heteroatoms. The van der Waals surface area contributed by atoms with Crippen molar-refractivity contribution in [3.63, 3.8) is 0 Å². The molecule has 2 heterocycles. The number of fused-ring (bicyclic) bond motifs is 1. The summed E-state index contributed by atoms with van der Waals surface area (Å²) in [5, 5.41) is 3.03. The molecule has 24 heavy (non-hydrogen) atoms. The van der Waals surface area contributed by atoms with Crippen molar-refractivity contribution in [2.75, 3.05) is 19.0 Å². The SMILES string of the molecule is COc1ccccc1CCNc1nccn2cc(C(F)(F)F)nc12. The average Bonchev–Trinajstić information content (AvgIpc) is 3.01. The lowest BCUT2D eigenvalue weighted by molar-refractivity contribution is -0.140. The number of methoxy groups -OCH3 is 1. The number of rotatable bonds is 5. The van der Waals surface area contributed by atoms with Crippen LogP contribution in [0.25, 0.3) is 5.65 Å². The van der Waals surface area contributed by atoms with Crippen LogP contribution in [0.4, 0.5) is 19.0 Å². The maximum absolute atomic E-state index is 12.8. The molecule has 0 radical (unpaired) electrons. The van der Waals surface area contributed by atoms with Gasteiger partial charge in [-0.25, -0.2) is 9.97 Å². The van der Waals surface area contributed by atoms with Crippen LogP contribution in [-0.4, -0.2) is 28.0 Å². The fraction of sp³-hybridized carbons (Fsp3) is 0.250. The maximum Gasteiger partial charge on any atom is 0.434 e. The average molecular weight is 336 g/mol. The topological polar surface area (TPSA) is 51.5 Å². The quantitative estimate of drug-likeness (QED) is 0.776. The molecule has 0 saturated heterocycles. The van der Waals surface area contributed by atoms with Gasteiger partial charge in [-0.05, 0) is 18.1 Å². The van der Waals surface area contributed by atoms with Crippen molar-refractivity contribution < 1.29 is 17.9 Å². The molecule has 1 N–H and O–H groups in total. The third-order valence-corrected chi connectivity index (χ3v) is 3.54. The second kappa shape index (κ2) is 6.38. The summed E-state index contributed by atoms with van der Waals surface area (Å²) in [6.45, 7) is 0.487. The van der Waals surface area contributed by atoms with Crippen molar-refractivity contribution in [3.05, 3.63) is 54.1 Å². The van der Waals surface area contributed by atoms with Gasteiger partial charge in [0, 0.05) is 25.1 Å². The Balaban J connectivity index is 1.77. The lowest BCUT2D eigenvalue weighted by Gasteiger charge is -2.09. The Morgan fingerprint density at radius 2 is 2.04 bits per heavy atom. The largest absolute Gasteiger partial charge is 0.496 e. The van der Waals surface area contributed by atoms with Gasteiger partial charge in [0.25, 0.3) is 0 Å². The first-order valence-corrected chi connectivity index (χ1v) is 7.25. The molecule has 0 aliphatic rings. The molecule has 0 fully saturated rings. The molecular weight excluding hydrogens is 321 g/mol. The highest BCUT2D eigenvalue weighted by Gasteiger charge is 2.34. The van der Waals surface area contributed by atoms with Crippen LogP contribution in [0.5, 0.6) is 5.75 Å². The predicted molar refractivity (Wildman–Crippen MR) is 83.2 cm³/mol. The number of hydrogen-bond donors (Lipinski definition) is 1. The van der Waals surface area contributed by atoms with E-state index in [9.17, 15) is 13.2 Å². The molecule has 0 spiro atoms. The lowest BCUT2D eigenvalue weighted by atomic mass is 10.1. The molecule has 126 valence electrons. The number of aromatic nitrogens is 3. The lowest BCUT2D eigenvalue weighted by Crippen LogP contribution is -2.08. The van der Waals surface area contributed by atoms with Gasteiger partial charge in [0.1, 0.15) is 5.75 Å². The molecule has 1 aromatic carbocycles. The van der Waals surface area contributed by atoms with Crippen molar-refractivity contribution in [2.24, 2.45) is 0 Å². The minimum absolute atomic E-state index is 0.143. The molecule has 0 aliphatic heterocycles. The maximum atomic E-state index is 12.8. The van der Waals surface area contributed by atoms with Crippen LogP contribution in [-0.2, 0) is 12.6 Å². The van der Waals surface area contributed by atoms with E-state index in [0.717, 1.165) is 17.5 Å². The van der Waals surface area contributed by atoms with E-state index in [-0.39, 0.29) is 5.65 Å². The van der Waals surface area contributed by atoms with Gasteiger partial charge in [-0.3, -0.25) is 0 Å². The van der Waals surface area contributed by atoms with E-state index in [1.54, 1.807) is 7.11 Å². The first-order valence-electron chi connectivity index (χ1n) is 7.25. The predicted octanol–water partition coefficient (Wildman–Crippen LogP) is 3.41. The van der Waals surface area contributed by atoms with Crippen LogP contribution in [0, 0.1) is 0 Å². The Kier molecular flexibility index (Phi) is 4.28. The van der Waals surface area contributed by atoms with Gasteiger partial charge >= 0.3 is 6.18 Å². The standard InChI is InChI=1S/C16H15F3N4O/c1-24-12-5-3-2-4-11(12)6-7-20-14-15-22-13(16(17,18)19)10-23(15)9-8-21-14/h2-5,8-10H,6-7H2,1H3,(H,20,21). The Morgan fingerprint density at radius 1 is 1.25 bits per heavy atom. The monoisotopic (exact) mass is 336 g/mol. The van der Waals surface area contributed by atoms with Crippen molar-refractivity contribution >= 4 is 11.5 Å². The molecule has 0 saturated carbocycles. The Labute approximate surface area is 136 Å². The molecule has 0 aliphatic carbocycles. The molecule has 0 unspecified atom stereocenters.